The Balaban J connectivity index is 2.76. The highest BCUT2D eigenvalue weighted by Gasteiger charge is 2.12. The summed E-state index contributed by atoms with van der Waals surface area (Å²) in [5.74, 6) is 0. The van der Waals surface area contributed by atoms with E-state index < -0.39 is 0 Å². The third-order valence-electron chi connectivity index (χ3n) is 2.35. The number of hydrogen-bond donors (Lipinski definition) is 1. The third-order valence-corrected chi connectivity index (χ3v) is 2.35. The highest BCUT2D eigenvalue weighted by Crippen LogP contribution is 2.19. The first kappa shape index (κ1) is 11.0. The Labute approximate surface area is 85.6 Å². The molecule has 14 heavy (non-hydrogen) atoms. The molecule has 2 N–H and O–H groups in total. The van der Waals surface area contributed by atoms with Crippen LogP contribution in [0.15, 0.2) is 18.9 Å². The molecule has 0 fully saturated rings. The number of aromatic nitrogens is 2. The lowest BCUT2D eigenvalue weighted by Gasteiger charge is -2.09. The smallest absolute Gasteiger partial charge is 0.0669 e. The molecule has 1 atom stereocenters. The minimum Gasteiger partial charge on any atom is -0.324 e. The largest absolute Gasteiger partial charge is 0.324 e. The van der Waals surface area contributed by atoms with Crippen molar-refractivity contribution in [2.45, 2.75) is 32.2 Å². The number of rotatable bonds is 5. The van der Waals surface area contributed by atoms with Gasteiger partial charge < -0.3 is 5.73 Å². The summed E-state index contributed by atoms with van der Waals surface area (Å²) in [7, 11) is 1.93. The van der Waals surface area contributed by atoms with Crippen LogP contribution in [0.3, 0.4) is 0 Å². The van der Waals surface area contributed by atoms with E-state index in [0.717, 1.165) is 25.0 Å². The van der Waals surface area contributed by atoms with Crippen LogP contribution in [0, 0.1) is 0 Å². The average molecular weight is 193 g/mol. The van der Waals surface area contributed by atoms with Crippen LogP contribution in [0.4, 0.5) is 0 Å². The molecule has 0 radical (unpaired) electrons. The van der Waals surface area contributed by atoms with Gasteiger partial charge in [0.15, 0.2) is 0 Å². The monoisotopic (exact) mass is 193 g/mol. The van der Waals surface area contributed by atoms with E-state index in [9.17, 15) is 0 Å². The van der Waals surface area contributed by atoms with Crippen LogP contribution in [0.5, 0.6) is 0 Å². The maximum atomic E-state index is 6.07. The molecule has 0 saturated heterocycles. The van der Waals surface area contributed by atoms with E-state index in [1.807, 2.05) is 24.0 Å². The van der Waals surface area contributed by atoms with E-state index >= 15 is 0 Å². The summed E-state index contributed by atoms with van der Waals surface area (Å²) in [4.78, 5) is 0. The molecule has 1 heterocycles. The van der Waals surface area contributed by atoms with Crippen LogP contribution in [-0.2, 0) is 13.5 Å². The van der Waals surface area contributed by atoms with Gasteiger partial charge >= 0.3 is 0 Å². The van der Waals surface area contributed by atoms with Gasteiger partial charge in [0.2, 0.25) is 0 Å². The second-order valence-corrected chi connectivity index (χ2v) is 3.53. The van der Waals surface area contributed by atoms with Gasteiger partial charge in [-0.1, -0.05) is 13.0 Å². The van der Waals surface area contributed by atoms with Gasteiger partial charge in [0.05, 0.1) is 5.69 Å². The van der Waals surface area contributed by atoms with E-state index in [1.54, 1.807) is 0 Å². The minimum atomic E-state index is 0.0941. The van der Waals surface area contributed by atoms with Crippen molar-refractivity contribution in [2.24, 2.45) is 12.8 Å². The van der Waals surface area contributed by atoms with Gasteiger partial charge in [-0.2, -0.15) is 5.10 Å². The van der Waals surface area contributed by atoms with Crippen LogP contribution in [0.2, 0.25) is 0 Å². The Morgan fingerprint density at radius 2 is 2.43 bits per heavy atom. The summed E-state index contributed by atoms with van der Waals surface area (Å²) < 4.78 is 1.84. The summed E-state index contributed by atoms with van der Waals surface area (Å²) in [6.07, 6.45) is 6.77. The molecule has 0 amide bonds. The number of allylic oxidation sites excluding steroid dienone is 1. The Morgan fingerprint density at radius 1 is 1.71 bits per heavy atom. The third kappa shape index (κ3) is 2.45. The molecule has 1 aromatic rings. The van der Waals surface area contributed by atoms with E-state index in [2.05, 4.69) is 18.6 Å². The van der Waals surface area contributed by atoms with Gasteiger partial charge in [-0.3, -0.25) is 4.68 Å². The molecule has 0 aliphatic heterocycles. The molecule has 1 unspecified atom stereocenters. The first-order valence-corrected chi connectivity index (χ1v) is 5.08. The molecule has 3 nitrogen and oxygen atoms in total. The molecular weight excluding hydrogens is 174 g/mol. The molecule has 0 bridgehead atoms. The highest BCUT2D eigenvalue weighted by molar-refractivity contribution is 5.21. The van der Waals surface area contributed by atoms with Crippen molar-refractivity contribution in [2.75, 3.05) is 0 Å². The lowest BCUT2D eigenvalue weighted by Crippen LogP contribution is -2.10. The van der Waals surface area contributed by atoms with Crippen molar-refractivity contribution in [3.63, 3.8) is 0 Å². The lowest BCUT2D eigenvalue weighted by atomic mass is 10.0. The van der Waals surface area contributed by atoms with Crippen molar-refractivity contribution in [1.29, 1.82) is 0 Å². The second kappa shape index (κ2) is 4.96. The molecule has 0 spiro atoms. The van der Waals surface area contributed by atoms with Gasteiger partial charge in [-0.15, -0.1) is 6.58 Å². The number of hydrogen-bond acceptors (Lipinski definition) is 2. The van der Waals surface area contributed by atoms with Gasteiger partial charge in [-0.05, 0) is 19.3 Å². The predicted octanol–water partition coefficient (Wildman–Crippen LogP) is 1.95. The SMILES string of the molecule is C=CCCC(N)c1cn(C)nc1CC. The molecule has 1 aromatic heterocycles. The van der Waals surface area contributed by atoms with Crippen LogP contribution in [0.25, 0.3) is 0 Å². The Morgan fingerprint density at radius 3 is 3.00 bits per heavy atom. The molecule has 3 heteroatoms. The maximum absolute atomic E-state index is 6.07. The first-order chi connectivity index (χ1) is 6.69. The van der Waals surface area contributed by atoms with Gasteiger partial charge in [0, 0.05) is 24.8 Å². The summed E-state index contributed by atoms with van der Waals surface area (Å²) in [5, 5.41) is 4.37. The number of aryl methyl sites for hydroxylation is 2. The summed E-state index contributed by atoms with van der Waals surface area (Å²) in [6, 6.07) is 0.0941. The molecule has 78 valence electrons. The normalized spacial score (nSPS) is 12.8. The van der Waals surface area contributed by atoms with Gasteiger partial charge in [0.1, 0.15) is 0 Å². The summed E-state index contributed by atoms with van der Waals surface area (Å²) in [6.45, 7) is 5.80. The zero-order chi connectivity index (χ0) is 10.6. The molecular formula is C11H19N3. The fourth-order valence-corrected chi connectivity index (χ4v) is 1.59. The fourth-order valence-electron chi connectivity index (χ4n) is 1.59. The van der Waals surface area contributed by atoms with Crippen molar-refractivity contribution >= 4 is 0 Å². The molecule has 0 aliphatic rings. The first-order valence-electron chi connectivity index (χ1n) is 5.08. The van der Waals surface area contributed by atoms with Crippen LogP contribution < -0.4 is 5.73 Å². The maximum Gasteiger partial charge on any atom is 0.0669 e. The van der Waals surface area contributed by atoms with Crippen molar-refractivity contribution < 1.29 is 0 Å². The van der Waals surface area contributed by atoms with Gasteiger partial charge in [-0.25, -0.2) is 0 Å². The van der Waals surface area contributed by atoms with E-state index in [1.165, 1.54) is 5.56 Å². The minimum absolute atomic E-state index is 0.0941. The molecule has 0 aromatic carbocycles. The lowest BCUT2D eigenvalue weighted by molar-refractivity contribution is 0.654. The number of nitrogens with two attached hydrogens (primary N) is 1. The zero-order valence-electron chi connectivity index (χ0n) is 9.03. The second-order valence-electron chi connectivity index (χ2n) is 3.53. The Bertz CT molecular complexity index is 301. The van der Waals surface area contributed by atoms with Crippen LogP contribution in [0.1, 0.15) is 37.1 Å². The average Bonchev–Trinajstić information content (AvgIpc) is 2.56. The zero-order valence-corrected chi connectivity index (χ0v) is 9.03. The van der Waals surface area contributed by atoms with Crippen LogP contribution in [-0.4, -0.2) is 9.78 Å². The summed E-state index contributed by atoms with van der Waals surface area (Å²) >= 11 is 0. The fraction of sp³-hybridized carbons (Fsp3) is 0.545. The van der Waals surface area contributed by atoms with Crippen LogP contribution >= 0.6 is 0 Å². The van der Waals surface area contributed by atoms with E-state index in [-0.39, 0.29) is 6.04 Å². The van der Waals surface area contributed by atoms with Crippen molar-refractivity contribution in [1.82, 2.24) is 9.78 Å². The van der Waals surface area contributed by atoms with E-state index in [0.29, 0.717) is 0 Å². The standard InChI is InChI=1S/C11H19N3/c1-4-6-7-10(12)9-8-14(3)13-11(9)5-2/h4,8,10H,1,5-7,12H2,2-3H3. The molecule has 1 rings (SSSR count). The Hall–Kier alpha value is -1.09. The molecule has 0 saturated carbocycles. The van der Waals surface area contributed by atoms with E-state index in [4.69, 9.17) is 5.73 Å². The quantitative estimate of drug-likeness (QED) is 0.726. The molecule has 0 aliphatic carbocycles. The highest BCUT2D eigenvalue weighted by atomic mass is 15.3. The van der Waals surface area contributed by atoms with Crippen molar-refractivity contribution in [3.05, 3.63) is 30.1 Å². The number of nitrogens with zero attached hydrogens (tertiary/aromatic N) is 2. The van der Waals surface area contributed by atoms with Gasteiger partial charge in [0.25, 0.3) is 0 Å². The predicted molar refractivity (Wildman–Crippen MR) is 58.9 cm³/mol. The van der Waals surface area contributed by atoms with Crippen molar-refractivity contribution in [3.8, 4) is 0 Å². The summed E-state index contributed by atoms with van der Waals surface area (Å²) in [5.41, 5.74) is 8.36. The topological polar surface area (TPSA) is 43.8 Å². The Kier molecular flexibility index (Phi) is 3.89.